The van der Waals surface area contributed by atoms with Crippen molar-refractivity contribution in [3.63, 3.8) is 0 Å². The molecule has 110 valence electrons. The molecule has 1 fully saturated rings. The summed E-state index contributed by atoms with van der Waals surface area (Å²) in [5, 5.41) is 11.6. The summed E-state index contributed by atoms with van der Waals surface area (Å²) in [5.74, 6) is 0. The van der Waals surface area contributed by atoms with Gasteiger partial charge in [-0.1, -0.05) is 29.8 Å². The fourth-order valence-corrected chi connectivity index (χ4v) is 3.28. The van der Waals surface area contributed by atoms with Gasteiger partial charge in [0.1, 0.15) is 0 Å². The lowest BCUT2D eigenvalue weighted by Gasteiger charge is -2.40. The lowest BCUT2D eigenvalue weighted by molar-refractivity contribution is 0.0119. The van der Waals surface area contributed by atoms with Crippen LogP contribution in [-0.4, -0.2) is 23.2 Å². The number of hydrogen-bond donors (Lipinski definition) is 1. The second kappa shape index (κ2) is 5.66. The summed E-state index contributed by atoms with van der Waals surface area (Å²) < 4.78 is 0. The first-order valence-corrected chi connectivity index (χ1v) is 7.61. The molecule has 0 spiro atoms. The van der Waals surface area contributed by atoms with E-state index in [0.29, 0.717) is 17.9 Å². The third kappa shape index (κ3) is 2.89. The molecule has 1 aliphatic rings. The van der Waals surface area contributed by atoms with Crippen molar-refractivity contribution in [3.8, 4) is 0 Å². The Balaban J connectivity index is 1.77. The highest BCUT2D eigenvalue weighted by atomic mass is 35.5. The molecule has 1 saturated heterocycles. The number of aryl methyl sites for hydroxylation is 1. The van der Waals surface area contributed by atoms with Crippen LogP contribution in [0.2, 0.25) is 5.02 Å². The van der Waals surface area contributed by atoms with Gasteiger partial charge < -0.3 is 10.0 Å². The number of nitrogens with zero attached hydrogens (tertiary/aromatic N) is 2. The lowest BCUT2D eigenvalue weighted by atomic mass is 9.84. The summed E-state index contributed by atoms with van der Waals surface area (Å²) in [6, 6.07) is 11.7. The van der Waals surface area contributed by atoms with Crippen LogP contribution < -0.4 is 4.90 Å². The number of aromatic nitrogens is 1. The fraction of sp³-hybridized carbons (Fsp3) is 0.353. The minimum Gasteiger partial charge on any atom is -0.385 e. The molecule has 21 heavy (non-hydrogen) atoms. The zero-order chi connectivity index (χ0) is 14.9. The van der Waals surface area contributed by atoms with E-state index in [1.54, 1.807) is 0 Å². The maximum atomic E-state index is 10.9. The van der Waals surface area contributed by atoms with E-state index in [2.05, 4.69) is 16.0 Å². The average molecular weight is 303 g/mol. The maximum absolute atomic E-state index is 10.9. The number of anilines is 1. The molecular formula is C17H19ClN2O. The number of benzene rings is 1. The molecule has 0 atom stereocenters. The summed E-state index contributed by atoms with van der Waals surface area (Å²) in [4.78, 5) is 6.52. The molecule has 1 aromatic heterocycles. The fourth-order valence-electron chi connectivity index (χ4n) is 2.97. The van der Waals surface area contributed by atoms with Crippen LogP contribution in [0.25, 0.3) is 0 Å². The Bertz CT molecular complexity index is 636. The van der Waals surface area contributed by atoms with Crippen LogP contribution in [0, 0.1) is 6.92 Å². The van der Waals surface area contributed by atoms with E-state index in [0.717, 1.165) is 24.3 Å². The van der Waals surface area contributed by atoms with Gasteiger partial charge in [0.15, 0.2) is 0 Å². The van der Waals surface area contributed by atoms with Crippen LogP contribution in [0.1, 0.15) is 24.1 Å². The Kier molecular flexibility index (Phi) is 3.87. The summed E-state index contributed by atoms with van der Waals surface area (Å²) in [6.07, 6.45) is 3.19. The monoisotopic (exact) mass is 302 g/mol. The van der Waals surface area contributed by atoms with Crippen molar-refractivity contribution in [1.82, 2.24) is 4.98 Å². The van der Waals surface area contributed by atoms with Crippen molar-refractivity contribution in [3.05, 3.63) is 58.9 Å². The van der Waals surface area contributed by atoms with Crippen LogP contribution in [0.3, 0.4) is 0 Å². The highest BCUT2D eigenvalue weighted by molar-refractivity contribution is 6.31. The number of hydrogen-bond acceptors (Lipinski definition) is 3. The molecule has 1 aromatic carbocycles. The summed E-state index contributed by atoms with van der Waals surface area (Å²) in [7, 11) is 0. The van der Waals surface area contributed by atoms with E-state index in [4.69, 9.17) is 11.6 Å². The second-order valence-electron chi connectivity index (χ2n) is 5.65. The molecule has 3 nitrogen and oxygen atoms in total. The minimum atomic E-state index is -0.823. The molecule has 1 aliphatic heterocycles. The molecule has 3 rings (SSSR count). The van der Waals surface area contributed by atoms with Gasteiger partial charge in [0.05, 0.1) is 5.60 Å². The zero-order valence-corrected chi connectivity index (χ0v) is 12.8. The van der Waals surface area contributed by atoms with Crippen molar-refractivity contribution in [2.24, 2.45) is 0 Å². The second-order valence-corrected chi connectivity index (χ2v) is 6.06. The first-order valence-electron chi connectivity index (χ1n) is 7.23. The van der Waals surface area contributed by atoms with E-state index in [1.807, 2.05) is 43.5 Å². The van der Waals surface area contributed by atoms with E-state index < -0.39 is 5.60 Å². The molecule has 0 unspecified atom stereocenters. The van der Waals surface area contributed by atoms with Crippen LogP contribution in [0.15, 0.2) is 42.6 Å². The summed E-state index contributed by atoms with van der Waals surface area (Å²) in [5.41, 5.74) is 2.21. The Labute approximate surface area is 130 Å². The largest absolute Gasteiger partial charge is 0.385 e. The Morgan fingerprint density at radius 3 is 2.57 bits per heavy atom. The van der Waals surface area contributed by atoms with E-state index in [1.165, 1.54) is 5.69 Å². The number of aliphatic hydroxyl groups is 1. The first-order chi connectivity index (χ1) is 10.1. The molecular weight excluding hydrogens is 284 g/mol. The van der Waals surface area contributed by atoms with E-state index >= 15 is 0 Å². The lowest BCUT2D eigenvalue weighted by Crippen LogP contribution is -2.42. The standard InChI is InChI=1S/C17H19ClN2O/c1-13-12-14(6-9-19-13)20-10-7-17(21,8-11-20)15-4-2-3-5-16(15)18/h2-6,9,12,21H,7-8,10-11H2,1H3. The number of piperidine rings is 1. The topological polar surface area (TPSA) is 36.4 Å². The summed E-state index contributed by atoms with van der Waals surface area (Å²) >= 11 is 6.24. The van der Waals surface area contributed by atoms with Crippen molar-refractivity contribution in [1.29, 1.82) is 0 Å². The van der Waals surface area contributed by atoms with Gasteiger partial charge in [0, 0.05) is 41.3 Å². The SMILES string of the molecule is Cc1cc(N2CCC(O)(c3ccccc3Cl)CC2)ccn1. The van der Waals surface area contributed by atoms with Gasteiger partial charge in [-0.05, 0) is 38.0 Å². The molecule has 0 amide bonds. The molecule has 2 aromatic rings. The predicted molar refractivity (Wildman–Crippen MR) is 85.8 cm³/mol. The van der Waals surface area contributed by atoms with Gasteiger partial charge in [0.2, 0.25) is 0 Å². The van der Waals surface area contributed by atoms with Gasteiger partial charge in [-0.2, -0.15) is 0 Å². The normalized spacial score (nSPS) is 17.8. The smallest absolute Gasteiger partial charge is 0.0944 e. The van der Waals surface area contributed by atoms with Crippen LogP contribution >= 0.6 is 11.6 Å². The Morgan fingerprint density at radius 2 is 1.90 bits per heavy atom. The van der Waals surface area contributed by atoms with Crippen LogP contribution in [0.5, 0.6) is 0 Å². The van der Waals surface area contributed by atoms with E-state index in [-0.39, 0.29) is 0 Å². The van der Waals surface area contributed by atoms with Crippen molar-refractivity contribution >= 4 is 17.3 Å². The molecule has 0 aliphatic carbocycles. The quantitative estimate of drug-likeness (QED) is 0.922. The predicted octanol–water partition coefficient (Wildman–Crippen LogP) is 3.53. The molecule has 0 radical (unpaired) electrons. The van der Waals surface area contributed by atoms with Crippen molar-refractivity contribution in [2.75, 3.05) is 18.0 Å². The molecule has 1 N–H and O–H groups in total. The molecule has 0 saturated carbocycles. The molecule has 0 bridgehead atoms. The number of rotatable bonds is 2. The summed E-state index contributed by atoms with van der Waals surface area (Å²) in [6.45, 7) is 3.61. The average Bonchev–Trinajstić information content (AvgIpc) is 2.48. The highest BCUT2D eigenvalue weighted by Gasteiger charge is 2.35. The number of pyridine rings is 1. The van der Waals surface area contributed by atoms with Crippen LogP contribution in [-0.2, 0) is 5.60 Å². The molecule has 4 heteroatoms. The van der Waals surface area contributed by atoms with E-state index in [9.17, 15) is 5.11 Å². The first kappa shape index (κ1) is 14.4. The van der Waals surface area contributed by atoms with Crippen molar-refractivity contribution in [2.45, 2.75) is 25.4 Å². The van der Waals surface area contributed by atoms with Crippen molar-refractivity contribution < 1.29 is 5.11 Å². The number of halogens is 1. The zero-order valence-electron chi connectivity index (χ0n) is 12.1. The third-order valence-electron chi connectivity index (χ3n) is 4.21. The van der Waals surface area contributed by atoms with Gasteiger partial charge in [-0.15, -0.1) is 0 Å². The third-order valence-corrected chi connectivity index (χ3v) is 4.54. The molecule has 2 heterocycles. The minimum absolute atomic E-state index is 0.646. The van der Waals surface area contributed by atoms with Gasteiger partial charge in [-0.3, -0.25) is 4.98 Å². The highest BCUT2D eigenvalue weighted by Crippen LogP contribution is 2.37. The Hall–Kier alpha value is -1.58. The van der Waals surface area contributed by atoms with Gasteiger partial charge in [-0.25, -0.2) is 0 Å². The van der Waals surface area contributed by atoms with Gasteiger partial charge in [0.25, 0.3) is 0 Å². The maximum Gasteiger partial charge on any atom is 0.0944 e. The Morgan fingerprint density at radius 1 is 1.19 bits per heavy atom. The van der Waals surface area contributed by atoms with Crippen LogP contribution in [0.4, 0.5) is 5.69 Å². The van der Waals surface area contributed by atoms with Gasteiger partial charge >= 0.3 is 0 Å².